The summed E-state index contributed by atoms with van der Waals surface area (Å²) >= 11 is 4.51. The quantitative estimate of drug-likeness (QED) is 0.506. The van der Waals surface area contributed by atoms with Gasteiger partial charge in [-0.05, 0) is 34.5 Å². The van der Waals surface area contributed by atoms with Gasteiger partial charge in [-0.3, -0.25) is 0 Å². The van der Waals surface area contributed by atoms with Gasteiger partial charge in [-0.2, -0.15) is 0 Å². The highest BCUT2D eigenvalue weighted by Gasteiger charge is 2.05. The van der Waals surface area contributed by atoms with Crippen LogP contribution in [0.1, 0.15) is 6.42 Å². The summed E-state index contributed by atoms with van der Waals surface area (Å²) in [5.74, 6) is 0.424. The highest BCUT2D eigenvalue weighted by Crippen LogP contribution is 2.30. The summed E-state index contributed by atoms with van der Waals surface area (Å²) in [6.45, 7) is 0.145. The molecule has 0 bridgehead atoms. The van der Waals surface area contributed by atoms with Gasteiger partial charge in [0, 0.05) is 22.9 Å². The Morgan fingerprint density at radius 3 is 2.86 bits per heavy atom. The van der Waals surface area contributed by atoms with Gasteiger partial charge in [-0.25, -0.2) is 4.39 Å². The van der Waals surface area contributed by atoms with E-state index in [0.717, 1.165) is 10.6 Å². The van der Waals surface area contributed by atoms with E-state index in [1.54, 1.807) is 6.07 Å². The van der Waals surface area contributed by atoms with E-state index in [2.05, 4.69) is 15.9 Å². The average molecular weight is 280 g/mol. The van der Waals surface area contributed by atoms with Crippen LogP contribution in [0, 0.1) is 5.82 Å². The average Bonchev–Trinajstić information content (AvgIpc) is 2.14. The Morgan fingerprint density at radius 1 is 1.50 bits per heavy atom. The second-order valence-electron chi connectivity index (χ2n) is 2.73. The topological polar surface area (TPSA) is 46.2 Å². The van der Waals surface area contributed by atoms with Crippen LogP contribution in [0.5, 0.6) is 0 Å². The van der Waals surface area contributed by atoms with Crippen LogP contribution in [0.3, 0.4) is 0 Å². The van der Waals surface area contributed by atoms with Crippen LogP contribution in [0.2, 0.25) is 0 Å². The van der Waals surface area contributed by atoms with Gasteiger partial charge in [0.05, 0.1) is 4.47 Å². The number of hydrogen-bond donors (Lipinski definition) is 2. The zero-order valence-corrected chi connectivity index (χ0v) is 9.87. The summed E-state index contributed by atoms with van der Waals surface area (Å²) in [5.41, 5.74) is 6.25. The summed E-state index contributed by atoms with van der Waals surface area (Å²) in [6.07, 6.45) is 0.682. The fraction of sp³-hybridized carbons (Fsp3) is 0.333. The van der Waals surface area contributed by atoms with Crippen molar-refractivity contribution in [1.82, 2.24) is 0 Å². The second-order valence-corrected chi connectivity index (χ2v) is 4.72. The summed E-state index contributed by atoms with van der Waals surface area (Å²) in [5, 5.41) is 8.59. The lowest BCUT2D eigenvalue weighted by Gasteiger charge is -2.05. The standard InChI is InChI=1S/C9H11BrFNOS/c10-6-4-8(12)9(5-7(6)11)14-3-1-2-13/h4-5,13H,1-3,12H2. The number of benzene rings is 1. The van der Waals surface area contributed by atoms with Gasteiger partial charge in [-0.15, -0.1) is 11.8 Å². The molecule has 0 atom stereocenters. The van der Waals surface area contributed by atoms with Crippen molar-refractivity contribution in [2.75, 3.05) is 18.1 Å². The first-order valence-electron chi connectivity index (χ1n) is 4.13. The maximum absolute atomic E-state index is 13.1. The van der Waals surface area contributed by atoms with Gasteiger partial charge in [-0.1, -0.05) is 0 Å². The first kappa shape index (κ1) is 11.8. The van der Waals surface area contributed by atoms with Crippen molar-refractivity contribution < 1.29 is 9.50 Å². The van der Waals surface area contributed by atoms with Gasteiger partial charge in [0.25, 0.3) is 0 Å². The summed E-state index contributed by atoms with van der Waals surface area (Å²) in [4.78, 5) is 0.721. The molecule has 1 rings (SSSR count). The largest absolute Gasteiger partial charge is 0.398 e. The lowest BCUT2D eigenvalue weighted by Crippen LogP contribution is -1.93. The molecule has 78 valence electrons. The fourth-order valence-electron chi connectivity index (χ4n) is 0.916. The van der Waals surface area contributed by atoms with E-state index in [9.17, 15) is 4.39 Å². The molecule has 2 nitrogen and oxygen atoms in total. The highest BCUT2D eigenvalue weighted by atomic mass is 79.9. The normalized spacial score (nSPS) is 10.5. The molecular weight excluding hydrogens is 269 g/mol. The Labute approximate surface area is 94.8 Å². The number of thioether (sulfide) groups is 1. The minimum Gasteiger partial charge on any atom is -0.398 e. The minimum atomic E-state index is -0.314. The lowest BCUT2D eigenvalue weighted by atomic mass is 10.3. The Balaban J connectivity index is 2.72. The summed E-state index contributed by atoms with van der Waals surface area (Å²) in [7, 11) is 0. The molecule has 3 N–H and O–H groups in total. The van der Waals surface area contributed by atoms with Gasteiger partial charge in [0.2, 0.25) is 0 Å². The van der Waals surface area contributed by atoms with Crippen LogP contribution in [-0.4, -0.2) is 17.5 Å². The molecule has 0 saturated heterocycles. The first-order valence-corrected chi connectivity index (χ1v) is 5.91. The van der Waals surface area contributed by atoms with Crippen molar-refractivity contribution in [2.45, 2.75) is 11.3 Å². The SMILES string of the molecule is Nc1cc(Br)c(F)cc1SCCCO. The molecule has 14 heavy (non-hydrogen) atoms. The molecule has 0 amide bonds. The Bertz CT molecular complexity index is 322. The molecule has 0 aromatic heterocycles. The Hall–Kier alpha value is -0.260. The third-order valence-corrected chi connectivity index (χ3v) is 3.38. The van der Waals surface area contributed by atoms with Crippen LogP contribution in [0.15, 0.2) is 21.5 Å². The number of aliphatic hydroxyl groups is 1. The number of nitrogen functional groups attached to an aromatic ring is 1. The molecule has 1 aromatic rings. The second kappa shape index (κ2) is 5.58. The molecule has 5 heteroatoms. The van der Waals surface area contributed by atoms with Crippen molar-refractivity contribution in [1.29, 1.82) is 0 Å². The predicted molar refractivity (Wildman–Crippen MR) is 60.9 cm³/mol. The van der Waals surface area contributed by atoms with E-state index < -0.39 is 0 Å². The molecular formula is C9H11BrFNOS. The maximum Gasteiger partial charge on any atom is 0.138 e. The number of hydrogen-bond acceptors (Lipinski definition) is 3. The fourth-order valence-corrected chi connectivity index (χ4v) is 2.18. The van der Waals surface area contributed by atoms with Crippen LogP contribution >= 0.6 is 27.7 Å². The number of anilines is 1. The number of halogens is 2. The molecule has 0 aliphatic rings. The van der Waals surface area contributed by atoms with Gasteiger partial charge in [0.15, 0.2) is 0 Å². The van der Waals surface area contributed by atoms with Crippen molar-refractivity contribution in [3.05, 3.63) is 22.4 Å². The molecule has 0 radical (unpaired) electrons. The Morgan fingerprint density at radius 2 is 2.21 bits per heavy atom. The number of nitrogens with two attached hydrogens (primary N) is 1. The molecule has 0 heterocycles. The van der Waals surface area contributed by atoms with E-state index in [4.69, 9.17) is 10.8 Å². The zero-order chi connectivity index (χ0) is 10.6. The molecule has 1 aromatic carbocycles. The van der Waals surface area contributed by atoms with Gasteiger partial charge >= 0.3 is 0 Å². The van der Waals surface area contributed by atoms with E-state index in [-0.39, 0.29) is 12.4 Å². The van der Waals surface area contributed by atoms with E-state index in [1.165, 1.54) is 17.8 Å². The third kappa shape index (κ3) is 3.15. The van der Waals surface area contributed by atoms with Crippen molar-refractivity contribution >= 4 is 33.4 Å². The van der Waals surface area contributed by atoms with E-state index in [1.807, 2.05) is 0 Å². The number of rotatable bonds is 4. The van der Waals surface area contributed by atoms with Crippen molar-refractivity contribution in [2.24, 2.45) is 0 Å². The van der Waals surface area contributed by atoms with Crippen LogP contribution in [0.4, 0.5) is 10.1 Å². The molecule has 0 aliphatic heterocycles. The predicted octanol–water partition coefficient (Wildman–Crippen LogP) is 2.64. The third-order valence-electron chi connectivity index (χ3n) is 1.61. The molecule has 0 aliphatic carbocycles. The smallest absolute Gasteiger partial charge is 0.138 e. The van der Waals surface area contributed by atoms with Crippen LogP contribution in [-0.2, 0) is 0 Å². The van der Waals surface area contributed by atoms with Crippen LogP contribution in [0.25, 0.3) is 0 Å². The van der Waals surface area contributed by atoms with Crippen LogP contribution < -0.4 is 5.73 Å². The number of aliphatic hydroxyl groups excluding tert-OH is 1. The molecule has 0 saturated carbocycles. The van der Waals surface area contributed by atoms with Gasteiger partial charge < -0.3 is 10.8 Å². The first-order chi connectivity index (χ1) is 6.65. The highest BCUT2D eigenvalue weighted by molar-refractivity contribution is 9.10. The Kier molecular flexibility index (Phi) is 4.71. The summed E-state index contributed by atoms with van der Waals surface area (Å²) < 4.78 is 13.5. The molecule has 0 spiro atoms. The maximum atomic E-state index is 13.1. The molecule has 0 fully saturated rings. The van der Waals surface area contributed by atoms with E-state index >= 15 is 0 Å². The zero-order valence-electron chi connectivity index (χ0n) is 7.46. The lowest BCUT2D eigenvalue weighted by molar-refractivity contribution is 0.296. The van der Waals surface area contributed by atoms with Gasteiger partial charge in [0.1, 0.15) is 5.82 Å². The monoisotopic (exact) mass is 279 g/mol. The van der Waals surface area contributed by atoms with E-state index in [0.29, 0.717) is 16.6 Å². The van der Waals surface area contributed by atoms with Crippen molar-refractivity contribution in [3.63, 3.8) is 0 Å². The van der Waals surface area contributed by atoms with Crippen molar-refractivity contribution in [3.8, 4) is 0 Å². The molecule has 0 unspecified atom stereocenters. The minimum absolute atomic E-state index is 0.145. The summed E-state index contributed by atoms with van der Waals surface area (Å²) in [6, 6.07) is 2.96.